The van der Waals surface area contributed by atoms with Gasteiger partial charge in [0.05, 0.1) is 37.6 Å². The van der Waals surface area contributed by atoms with Crippen molar-refractivity contribution in [2.75, 3.05) is 0 Å². The highest BCUT2D eigenvalue weighted by Crippen LogP contribution is 2.35. The second-order valence-corrected chi connectivity index (χ2v) is 15.9. The highest BCUT2D eigenvalue weighted by atomic mass is 19.1. The molecule has 10 aromatic rings. The zero-order valence-corrected chi connectivity index (χ0v) is 36.3. The highest BCUT2D eigenvalue weighted by molar-refractivity contribution is 5.96. The van der Waals surface area contributed by atoms with Crippen LogP contribution in [0.2, 0.25) is 0 Å². The van der Waals surface area contributed by atoms with Crippen LogP contribution in [0, 0.1) is 11.6 Å². The third kappa shape index (κ3) is 9.53. The summed E-state index contributed by atoms with van der Waals surface area (Å²) in [6, 6.07) is 46.8. The van der Waals surface area contributed by atoms with E-state index >= 15 is 13.6 Å². The van der Waals surface area contributed by atoms with Crippen LogP contribution in [0.4, 0.5) is 8.78 Å². The van der Waals surface area contributed by atoms with E-state index in [9.17, 15) is 0 Å². The first-order valence-electron chi connectivity index (χ1n) is 21.8. The van der Waals surface area contributed by atoms with Gasteiger partial charge in [-0.15, -0.1) is 0 Å². The van der Waals surface area contributed by atoms with E-state index in [-0.39, 0.29) is 17.5 Å². The summed E-state index contributed by atoms with van der Waals surface area (Å²) in [6.45, 7) is 1.14. The lowest BCUT2D eigenvalue weighted by Crippen LogP contribution is -2.18. The van der Waals surface area contributed by atoms with E-state index in [4.69, 9.17) is 9.47 Å². The second-order valence-electron chi connectivity index (χ2n) is 15.9. The van der Waals surface area contributed by atoms with Crippen LogP contribution in [-0.2, 0) is 17.9 Å². The molecular formula is C55H40F2N8O3. The topological polar surface area (TPSA) is 123 Å². The first kappa shape index (κ1) is 43.0. The predicted octanol–water partition coefficient (Wildman–Crippen LogP) is 11.8. The normalized spacial score (nSPS) is 12.5. The van der Waals surface area contributed by atoms with Gasteiger partial charge < -0.3 is 18.6 Å². The van der Waals surface area contributed by atoms with Gasteiger partial charge in [-0.25, -0.2) is 28.7 Å². The maximum Gasteiger partial charge on any atom is 0.250 e. The van der Waals surface area contributed by atoms with Gasteiger partial charge in [0.15, 0.2) is 28.1 Å². The predicted molar refractivity (Wildman–Crippen MR) is 256 cm³/mol. The number of ketones is 1. The Bertz CT molecular complexity index is 3190. The molecule has 0 fully saturated rings. The van der Waals surface area contributed by atoms with Gasteiger partial charge in [-0.2, -0.15) is 9.97 Å². The summed E-state index contributed by atoms with van der Waals surface area (Å²) < 4.78 is 46.4. The largest absolute Gasteiger partial charge is 0.437 e. The van der Waals surface area contributed by atoms with E-state index in [1.807, 2.05) is 69.8 Å². The lowest BCUT2D eigenvalue weighted by atomic mass is 9.82. The van der Waals surface area contributed by atoms with Gasteiger partial charge >= 0.3 is 0 Å². The number of fused-ring (bicyclic) bond motifs is 2. The molecule has 332 valence electrons. The summed E-state index contributed by atoms with van der Waals surface area (Å²) in [5.74, 6) is -1.46. The van der Waals surface area contributed by atoms with Crippen LogP contribution in [0.25, 0.3) is 34.5 Å². The number of hydrogen-bond acceptors (Lipinski definition) is 9. The number of allylic oxidation sites excluding steroid dienone is 2. The van der Waals surface area contributed by atoms with Crippen molar-refractivity contribution in [3.8, 4) is 23.3 Å². The minimum Gasteiger partial charge on any atom is -0.437 e. The van der Waals surface area contributed by atoms with Crippen molar-refractivity contribution < 1.29 is 23.0 Å². The number of imidazole rings is 2. The van der Waals surface area contributed by atoms with Gasteiger partial charge in [0.2, 0.25) is 0 Å². The molecule has 0 saturated carbocycles. The molecule has 4 heterocycles. The van der Waals surface area contributed by atoms with Crippen LogP contribution in [0.5, 0.6) is 23.3 Å². The SMILES string of the molecule is O=C(C(/C=C/c1ccccc1F)c1ccc(Oc2ncnc3c2ncn3Cc2ccccc2)cc1)C(/C=C/c1ccccc1F)c1ccc(Oc2ncnc3c2ncn3Cc2ccccc2)cc1. The number of Topliss-reactive ketones (excluding diaryl/α,β-unsaturated/α-hetero) is 1. The molecule has 0 N–H and O–H groups in total. The molecule has 0 saturated heterocycles. The van der Waals surface area contributed by atoms with Crippen molar-refractivity contribution in [1.82, 2.24) is 39.0 Å². The Balaban J connectivity index is 0.952. The molecule has 0 radical (unpaired) electrons. The van der Waals surface area contributed by atoms with E-state index in [2.05, 4.69) is 29.9 Å². The molecule has 0 spiro atoms. The third-order valence-electron chi connectivity index (χ3n) is 11.4. The number of halogens is 2. The summed E-state index contributed by atoms with van der Waals surface area (Å²) in [4.78, 5) is 42.0. The summed E-state index contributed by atoms with van der Waals surface area (Å²) in [6.07, 6.45) is 12.8. The van der Waals surface area contributed by atoms with Gasteiger partial charge in [-0.1, -0.05) is 146 Å². The van der Waals surface area contributed by atoms with Crippen LogP contribution >= 0.6 is 0 Å². The molecule has 13 heteroatoms. The number of ether oxygens (including phenoxy) is 2. The smallest absolute Gasteiger partial charge is 0.250 e. The van der Waals surface area contributed by atoms with Crippen molar-refractivity contribution >= 4 is 40.3 Å². The highest BCUT2D eigenvalue weighted by Gasteiger charge is 2.27. The molecule has 11 nitrogen and oxygen atoms in total. The Morgan fingerprint density at radius 2 is 0.882 bits per heavy atom. The fourth-order valence-corrected chi connectivity index (χ4v) is 7.92. The minimum absolute atomic E-state index is 0.254. The molecule has 2 atom stereocenters. The molecule has 10 rings (SSSR count). The monoisotopic (exact) mass is 898 g/mol. The molecule has 68 heavy (non-hydrogen) atoms. The molecule has 0 bridgehead atoms. The van der Waals surface area contributed by atoms with Crippen molar-refractivity contribution in [2.24, 2.45) is 0 Å². The molecule has 0 aliphatic carbocycles. The van der Waals surface area contributed by atoms with Gasteiger partial charge in [-0.3, -0.25) is 4.79 Å². The van der Waals surface area contributed by atoms with Crippen molar-refractivity contribution in [3.63, 3.8) is 0 Å². The summed E-state index contributed by atoms with van der Waals surface area (Å²) >= 11 is 0. The minimum atomic E-state index is -0.894. The van der Waals surface area contributed by atoms with Gasteiger partial charge in [0, 0.05) is 11.1 Å². The lowest BCUT2D eigenvalue weighted by molar-refractivity contribution is -0.120. The van der Waals surface area contributed by atoms with E-state index < -0.39 is 23.5 Å². The first-order valence-corrected chi connectivity index (χ1v) is 21.8. The molecule has 0 aliphatic heterocycles. The number of nitrogens with zero attached hydrogens (tertiary/aromatic N) is 8. The molecule has 0 aliphatic rings. The first-order chi connectivity index (χ1) is 33.4. The fraction of sp³-hybridized carbons (Fsp3) is 0.0727. The Kier molecular flexibility index (Phi) is 12.4. The number of rotatable bonds is 16. The van der Waals surface area contributed by atoms with Crippen LogP contribution < -0.4 is 9.47 Å². The number of carbonyl (C=O) groups excluding carboxylic acids is 1. The van der Waals surface area contributed by atoms with Crippen LogP contribution in [0.15, 0.2) is 195 Å². The Morgan fingerprint density at radius 1 is 0.485 bits per heavy atom. The molecular weight excluding hydrogens is 859 g/mol. The van der Waals surface area contributed by atoms with E-state index in [1.54, 1.807) is 122 Å². The van der Waals surface area contributed by atoms with Crippen molar-refractivity contribution in [3.05, 3.63) is 240 Å². The van der Waals surface area contributed by atoms with Crippen LogP contribution in [-0.4, -0.2) is 44.8 Å². The summed E-state index contributed by atoms with van der Waals surface area (Å²) in [5.41, 5.74) is 6.26. The number of benzene rings is 6. The third-order valence-corrected chi connectivity index (χ3v) is 11.4. The molecule has 0 amide bonds. The lowest BCUT2D eigenvalue weighted by Gasteiger charge is -2.20. The Labute approximate surface area is 389 Å². The molecule has 4 aromatic heterocycles. The zero-order valence-electron chi connectivity index (χ0n) is 36.3. The van der Waals surface area contributed by atoms with Gasteiger partial charge in [0.1, 0.15) is 35.8 Å². The fourth-order valence-electron chi connectivity index (χ4n) is 7.92. The average molecular weight is 899 g/mol. The second kappa shape index (κ2) is 19.6. The van der Waals surface area contributed by atoms with E-state index in [0.717, 1.165) is 11.1 Å². The average Bonchev–Trinajstić information content (AvgIpc) is 3.99. The van der Waals surface area contributed by atoms with E-state index in [0.29, 0.717) is 69.2 Å². The Hall–Kier alpha value is -8.97. The van der Waals surface area contributed by atoms with E-state index in [1.165, 1.54) is 24.8 Å². The van der Waals surface area contributed by atoms with Crippen LogP contribution in [0.1, 0.15) is 45.2 Å². The summed E-state index contributed by atoms with van der Waals surface area (Å²) in [5, 5.41) is 0. The van der Waals surface area contributed by atoms with Crippen molar-refractivity contribution in [2.45, 2.75) is 24.9 Å². The van der Waals surface area contributed by atoms with Crippen LogP contribution in [0.3, 0.4) is 0 Å². The quantitative estimate of drug-likeness (QED) is 0.0932. The molecule has 6 aromatic carbocycles. The Morgan fingerprint density at radius 3 is 1.29 bits per heavy atom. The number of aromatic nitrogens is 8. The maximum absolute atomic E-state index is 15.2. The maximum atomic E-state index is 15.2. The number of hydrogen-bond donors (Lipinski definition) is 0. The summed E-state index contributed by atoms with van der Waals surface area (Å²) in [7, 11) is 0. The van der Waals surface area contributed by atoms with Gasteiger partial charge in [0.25, 0.3) is 11.8 Å². The number of carbonyl (C=O) groups is 1. The van der Waals surface area contributed by atoms with Gasteiger partial charge in [-0.05, 0) is 58.7 Å². The molecule has 2 unspecified atom stereocenters. The van der Waals surface area contributed by atoms with Crippen molar-refractivity contribution in [1.29, 1.82) is 0 Å². The zero-order chi connectivity index (χ0) is 46.2. The standard InChI is InChI=1S/C55H40F2N8O3/c56-47-17-9-7-15-41(47)23-29-45(39-19-25-43(26-20-39)67-54-49-52(58-33-60-54)64(35-62-49)31-37-11-3-1-4-12-37)51(66)46(30-24-42-16-8-10-18-48(42)57)40-21-27-44(28-22-40)68-55-50-53(59-34-61-55)65(36-63-50)32-38-13-5-2-6-14-38/h1-30,33-36,45-46H,31-32H2/b29-23+,30-24+.